The maximum atomic E-state index is 13.3. The highest BCUT2D eigenvalue weighted by Crippen LogP contribution is 2.32. The van der Waals surface area contributed by atoms with E-state index in [0.717, 1.165) is 25.2 Å². The summed E-state index contributed by atoms with van der Waals surface area (Å²) in [6, 6.07) is 12.1. The Morgan fingerprint density at radius 3 is 3.07 bits per heavy atom. The first kappa shape index (κ1) is 16.3. The van der Waals surface area contributed by atoms with Gasteiger partial charge in [-0.1, -0.05) is 23.4 Å². The number of para-hydroxylation sites is 1. The molecule has 0 aliphatic carbocycles. The predicted molar refractivity (Wildman–Crippen MR) is 99.4 cm³/mol. The first-order chi connectivity index (χ1) is 13.3. The molecule has 2 aliphatic heterocycles. The van der Waals surface area contributed by atoms with Crippen molar-refractivity contribution in [3.05, 3.63) is 65.8 Å². The Balaban J connectivity index is 1.44. The number of hydrogen-bond donors (Lipinski definition) is 0. The summed E-state index contributed by atoms with van der Waals surface area (Å²) in [5.41, 5.74) is 2.52. The van der Waals surface area contributed by atoms with Crippen molar-refractivity contribution < 1.29 is 9.32 Å². The van der Waals surface area contributed by atoms with Crippen LogP contribution in [0.3, 0.4) is 0 Å². The minimum atomic E-state index is -0.105. The quantitative estimate of drug-likeness (QED) is 0.715. The molecule has 7 heteroatoms. The van der Waals surface area contributed by atoms with Crippen molar-refractivity contribution in [1.29, 1.82) is 0 Å². The van der Waals surface area contributed by atoms with Crippen molar-refractivity contribution >= 4 is 11.6 Å². The molecule has 5 rings (SSSR count). The fourth-order valence-corrected chi connectivity index (χ4v) is 4.12. The normalized spacial score (nSPS) is 19.6. The fraction of sp³-hybridized carbons (Fsp3) is 0.350. The van der Waals surface area contributed by atoms with Gasteiger partial charge in [-0.2, -0.15) is 5.10 Å². The average Bonchev–Trinajstić information content (AvgIpc) is 3.43. The number of nitrogens with zero attached hydrogens (tertiary/aromatic N) is 5. The number of anilines is 1. The Labute approximate surface area is 157 Å². The Hall–Kier alpha value is -2.93. The van der Waals surface area contributed by atoms with Gasteiger partial charge < -0.3 is 9.42 Å². The summed E-state index contributed by atoms with van der Waals surface area (Å²) < 4.78 is 7.13. The standard InChI is InChI=1S/C20H21N5O2/c26-20(18-11-17(27-22-18)14-24-10-4-8-21-24)25-13-16-6-3-9-23(16)12-15-5-1-2-7-19(15)25/h1-2,4-5,7-8,10-11,16H,3,6,9,12-14H2. The molecular weight excluding hydrogens is 342 g/mol. The molecule has 1 unspecified atom stereocenters. The molecule has 0 saturated carbocycles. The second-order valence-corrected chi connectivity index (χ2v) is 7.19. The lowest BCUT2D eigenvalue weighted by Gasteiger charge is -2.25. The van der Waals surface area contributed by atoms with E-state index in [-0.39, 0.29) is 5.91 Å². The average molecular weight is 363 g/mol. The number of carbonyl (C=O) groups excluding carboxylic acids is 1. The van der Waals surface area contributed by atoms with Crippen LogP contribution in [-0.2, 0) is 13.1 Å². The summed E-state index contributed by atoms with van der Waals surface area (Å²) >= 11 is 0. The van der Waals surface area contributed by atoms with Crippen LogP contribution in [0.2, 0.25) is 0 Å². The lowest BCUT2D eigenvalue weighted by atomic mass is 10.1. The highest BCUT2D eigenvalue weighted by molar-refractivity contribution is 6.05. The highest BCUT2D eigenvalue weighted by Gasteiger charge is 2.34. The summed E-state index contributed by atoms with van der Waals surface area (Å²) in [7, 11) is 0. The third kappa shape index (κ3) is 3.04. The topological polar surface area (TPSA) is 67.4 Å². The smallest absolute Gasteiger partial charge is 0.280 e. The zero-order valence-electron chi connectivity index (χ0n) is 15.0. The number of hydrogen-bond acceptors (Lipinski definition) is 5. The van der Waals surface area contributed by atoms with Gasteiger partial charge in [0.25, 0.3) is 5.91 Å². The molecule has 1 saturated heterocycles. The van der Waals surface area contributed by atoms with Crippen molar-refractivity contribution in [2.75, 3.05) is 18.0 Å². The Kier molecular flexibility index (Phi) is 4.01. The molecule has 4 heterocycles. The molecule has 1 fully saturated rings. The van der Waals surface area contributed by atoms with Gasteiger partial charge in [-0.15, -0.1) is 0 Å². The third-order valence-electron chi connectivity index (χ3n) is 5.45. The van der Waals surface area contributed by atoms with Crippen molar-refractivity contribution in [3.8, 4) is 0 Å². The van der Waals surface area contributed by atoms with Gasteiger partial charge in [0.05, 0.1) is 0 Å². The largest absolute Gasteiger partial charge is 0.359 e. The van der Waals surface area contributed by atoms with Gasteiger partial charge >= 0.3 is 0 Å². The van der Waals surface area contributed by atoms with Gasteiger partial charge in [-0.25, -0.2) is 0 Å². The van der Waals surface area contributed by atoms with Gasteiger partial charge in [-0.3, -0.25) is 14.4 Å². The zero-order valence-corrected chi connectivity index (χ0v) is 15.0. The molecule has 0 radical (unpaired) electrons. The second-order valence-electron chi connectivity index (χ2n) is 7.19. The van der Waals surface area contributed by atoms with E-state index in [4.69, 9.17) is 4.52 Å². The number of amides is 1. The predicted octanol–water partition coefficient (Wildman–Crippen LogP) is 2.54. The molecule has 2 aromatic heterocycles. The van der Waals surface area contributed by atoms with E-state index in [1.54, 1.807) is 16.9 Å². The van der Waals surface area contributed by atoms with Gasteiger partial charge in [-0.05, 0) is 37.1 Å². The van der Waals surface area contributed by atoms with E-state index in [0.29, 0.717) is 30.6 Å². The highest BCUT2D eigenvalue weighted by atomic mass is 16.5. The van der Waals surface area contributed by atoms with Crippen LogP contribution in [-0.4, -0.2) is 44.9 Å². The zero-order chi connectivity index (χ0) is 18.2. The van der Waals surface area contributed by atoms with Crippen LogP contribution in [0.4, 0.5) is 5.69 Å². The van der Waals surface area contributed by atoms with Crippen molar-refractivity contribution in [2.24, 2.45) is 0 Å². The van der Waals surface area contributed by atoms with Gasteiger partial charge in [0, 0.05) is 43.3 Å². The Morgan fingerprint density at radius 2 is 2.19 bits per heavy atom. The molecule has 7 nitrogen and oxygen atoms in total. The van der Waals surface area contributed by atoms with Crippen LogP contribution in [0.5, 0.6) is 0 Å². The van der Waals surface area contributed by atoms with Crippen LogP contribution in [0.15, 0.2) is 53.3 Å². The van der Waals surface area contributed by atoms with Crippen LogP contribution in [0.1, 0.15) is 34.7 Å². The molecule has 1 aromatic carbocycles. The molecule has 0 bridgehead atoms. The second kappa shape index (κ2) is 6.66. The summed E-state index contributed by atoms with van der Waals surface area (Å²) in [5.74, 6) is 0.513. The van der Waals surface area contributed by atoms with Gasteiger partial charge in [0.1, 0.15) is 6.54 Å². The number of rotatable bonds is 3. The molecular formula is C20H21N5O2. The van der Waals surface area contributed by atoms with Gasteiger partial charge in [0.2, 0.25) is 0 Å². The Bertz CT molecular complexity index is 949. The van der Waals surface area contributed by atoms with E-state index >= 15 is 0 Å². The molecule has 1 amide bonds. The Morgan fingerprint density at radius 1 is 1.26 bits per heavy atom. The minimum Gasteiger partial charge on any atom is -0.359 e. The summed E-state index contributed by atoms with van der Waals surface area (Å²) in [4.78, 5) is 17.6. The molecule has 27 heavy (non-hydrogen) atoms. The number of fused-ring (bicyclic) bond motifs is 2. The SMILES string of the molecule is O=C(c1cc(Cn2cccn2)on1)N1CC2CCCN2Cc2ccccc21. The molecule has 2 aliphatic rings. The summed E-state index contributed by atoms with van der Waals surface area (Å²) in [6.45, 7) is 3.14. The van der Waals surface area contributed by atoms with Crippen LogP contribution in [0, 0.1) is 0 Å². The van der Waals surface area contributed by atoms with E-state index in [9.17, 15) is 4.79 Å². The van der Waals surface area contributed by atoms with E-state index in [2.05, 4.69) is 21.2 Å². The fourth-order valence-electron chi connectivity index (χ4n) is 4.12. The van der Waals surface area contributed by atoms with Gasteiger partial charge in [0.15, 0.2) is 11.5 Å². The van der Waals surface area contributed by atoms with Crippen LogP contribution < -0.4 is 4.90 Å². The first-order valence-corrected chi connectivity index (χ1v) is 9.35. The molecule has 0 spiro atoms. The van der Waals surface area contributed by atoms with E-state index in [1.807, 2.05) is 35.4 Å². The lowest BCUT2D eigenvalue weighted by Crippen LogP contribution is -2.40. The summed E-state index contributed by atoms with van der Waals surface area (Å²) in [5, 5.41) is 8.20. The number of carbonyl (C=O) groups is 1. The molecule has 3 aromatic rings. The first-order valence-electron chi connectivity index (χ1n) is 9.35. The van der Waals surface area contributed by atoms with Crippen LogP contribution >= 0.6 is 0 Å². The maximum Gasteiger partial charge on any atom is 0.280 e. The lowest BCUT2D eigenvalue weighted by molar-refractivity contribution is 0.0972. The molecule has 138 valence electrons. The van der Waals surface area contributed by atoms with Crippen molar-refractivity contribution in [1.82, 2.24) is 19.8 Å². The maximum absolute atomic E-state index is 13.3. The summed E-state index contributed by atoms with van der Waals surface area (Å²) in [6.07, 6.45) is 5.88. The number of aromatic nitrogens is 3. The van der Waals surface area contributed by atoms with Crippen molar-refractivity contribution in [3.63, 3.8) is 0 Å². The van der Waals surface area contributed by atoms with E-state index < -0.39 is 0 Å². The van der Waals surface area contributed by atoms with E-state index in [1.165, 1.54) is 12.0 Å². The minimum absolute atomic E-state index is 0.105. The number of benzene rings is 1. The molecule has 1 atom stereocenters. The van der Waals surface area contributed by atoms with Crippen molar-refractivity contribution in [2.45, 2.75) is 32.0 Å². The molecule has 0 N–H and O–H groups in total. The van der Waals surface area contributed by atoms with Crippen LogP contribution in [0.25, 0.3) is 0 Å². The third-order valence-corrected chi connectivity index (χ3v) is 5.45. The monoisotopic (exact) mass is 363 g/mol.